The van der Waals surface area contributed by atoms with E-state index in [0.29, 0.717) is 12.1 Å². The number of benzene rings is 2. The van der Waals surface area contributed by atoms with E-state index < -0.39 is 23.3 Å². The third-order valence-electron chi connectivity index (χ3n) is 5.81. The average Bonchev–Trinajstić information content (AvgIpc) is 3.57. The van der Waals surface area contributed by atoms with Gasteiger partial charge in [0.15, 0.2) is 0 Å². The highest BCUT2D eigenvalue weighted by molar-refractivity contribution is 6.09. The number of nitrogens with zero attached hydrogens (tertiary/aromatic N) is 2. The third kappa shape index (κ3) is 4.10. The predicted molar refractivity (Wildman–Crippen MR) is 111 cm³/mol. The van der Waals surface area contributed by atoms with Crippen molar-refractivity contribution >= 4 is 17.8 Å². The van der Waals surface area contributed by atoms with Gasteiger partial charge in [0.05, 0.1) is 7.11 Å². The molecule has 0 unspecified atom stereocenters. The molecular weight excluding hydrogens is 401 g/mol. The van der Waals surface area contributed by atoms with Gasteiger partial charge in [-0.2, -0.15) is 0 Å². The second-order valence-electron chi connectivity index (χ2n) is 8.05. The van der Waals surface area contributed by atoms with E-state index in [1.807, 2.05) is 24.3 Å². The van der Waals surface area contributed by atoms with Gasteiger partial charge in [-0.05, 0) is 55.2 Å². The second kappa shape index (κ2) is 8.02. The molecule has 162 valence electrons. The lowest BCUT2D eigenvalue weighted by atomic mass is 9.92. The number of carbonyl (C=O) groups excluding carboxylic acids is 3. The Morgan fingerprint density at radius 3 is 2.39 bits per heavy atom. The molecule has 1 N–H and O–H groups in total. The molecule has 2 aromatic rings. The molecule has 31 heavy (non-hydrogen) atoms. The van der Waals surface area contributed by atoms with Gasteiger partial charge in [-0.1, -0.05) is 24.3 Å². The van der Waals surface area contributed by atoms with Gasteiger partial charge in [0.1, 0.15) is 23.7 Å². The molecule has 1 atom stereocenters. The molecule has 4 rings (SSSR count). The first kappa shape index (κ1) is 20.8. The number of rotatable bonds is 7. The molecule has 0 spiro atoms. The number of imide groups is 1. The van der Waals surface area contributed by atoms with Crippen molar-refractivity contribution in [2.45, 2.75) is 37.9 Å². The Bertz CT molecular complexity index is 1000. The molecule has 7 nitrogen and oxygen atoms in total. The quantitative estimate of drug-likeness (QED) is 0.692. The van der Waals surface area contributed by atoms with Crippen molar-refractivity contribution in [3.8, 4) is 5.75 Å². The summed E-state index contributed by atoms with van der Waals surface area (Å²) in [7, 11) is 1.59. The van der Waals surface area contributed by atoms with Gasteiger partial charge in [0, 0.05) is 12.6 Å². The van der Waals surface area contributed by atoms with Crippen LogP contribution in [0.25, 0.3) is 0 Å². The maximum Gasteiger partial charge on any atom is 0.325 e. The lowest BCUT2D eigenvalue weighted by Gasteiger charge is -2.25. The van der Waals surface area contributed by atoms with E-state index >= 15 is 0 Å². The van der Waals surface area contributed by atoms with Crippen LogP contribution in [0.15, 0.2) is 48.5 Å². The fraction of sp³-hybridized carbons (Fsp3) is 0.348. The maximum absolute atomic E-state index is 13.3. The van der Waals surface area contributed by atoms with Crippen molar-refractivity contribution in [3.63, 3.8) is 0 Å². The van der Waals surface area contributed by atoms with Gasteiger partial charge in [-0.3, -0.25) is 14.5 Å². The zero-order valence-corrected chi connectivity index (χ0v) is 17.4. The summed E-state index contributed by atoms with van der Waals surface area (Å²) in [6.07, 6.45) is 1.80. The van der Waals surface area contributed by atoms with Gasteiger partial charge in [-0.25, -0.2) is 9.18 Å². The number of urea groups is 1. The molecule has 0 bridgehead atoms. The Balaban J connectivity index is 1.48. The first-order chi connectivity index (χ1) is 14.8. The van der Waals surface area contributed by atoms with Crippen LogP contribution in [0.4, 0.5) is 9.18 Å². The van der Waals surface area contributed by atoms with Crippen LogP contribution in [-0.4, -0.2) is 47.3 Å². The van der Waals surface area contributed by atoms with Crippen molar-refractivity contribution in [2.24, 2.45) is 0 Å². The molecule has 1 saturated heterocycles. The minimum absolute atomic E-state index is 0.110. The van der Waals surface area contributed by atoms with Gasteiger partial charge in [0.25, 0.3) is 5.91 Å². The van der Waals surface area contributed by atoms with Crippen molar-refractivity contribution in [1.82, 2.24) is 15.1 Å². The molecule has 1 heterocycles. The Kier molecular flexibility index (Phi) is 5.39. The van der Waals surface area contributed by atoms with Crippen molar-refractivity contribution in [2.75, 3.05) is 13.7 Å². The van der Waals surface area contributed by atoms with E-state index in [2.05, 4.69) is 5.32 Å². The summed E-state index contributed by atoms with van der Waals surface area (Å²) in [4.78, 5) is 41.3. The molecule has 2 aliphatic rings. The lowest BCUT2D eigenvalue weighted by Crippen LogP contribution is -2.45. The maximum atomic E-state index is 13.3. The normalized spacial score (nSPS) is 20.5. The van der Waals surface area contributed by atoms with Crippen LogP contribution in [0.1, 0.15) is 30.9 Å². The van der Waals surface area contributed by atoms with Crippen molar-refractivity contribution in [3.05, 3.63) is 65.5 Å². The van der Waals surface area contributed by atoms with Crippen molar-refractivity contribution < 1.29 is 23.5 Å². The molecule has 0 radical (unpaired) electrons. The third-order valence-corrected chi connectivity index (χ3v) is 5.81. The summed E-state index contributed by atoms with van der Waals surface area (Å²) in [6.45, 7) is 1.61. The average molecular weight is 425 g/mol. The Morgan fingerprint density at radius 2 is 1.81 bits per heavy atom. The lowest BCUT2D eigenvalue weighted by molar-refractivity contribution is -0.139. The standard InChI is InChI=1S/C23H24FN3O4/c1-23(16-5-7-17(24)8-6-16)21(29)27(22(30)25-23)14-20(28)26(18-9-10-18)13-15-3-11-19(31-2)12-4-15/h3-8,11-12,18H,9-10,13-14H2,1-2H3,(H,25,30)/t23-/m0/s1. The highest BCUT2D eigenvalue weighted by Gasteiger charge is 2.50. The molecule has 4 amide bonds. The number of hydrogen-bond donors (Lipinski definition) is 1. The van der Waals surface area contributed by atoms with E-state index in [9.17, 15) is 18.8 Å². The first-order valence-electron chi connectivity index (χ1n) is 10.1. The Labute approximate surface area is 179 Å². The van der Waals surface area contributed by atoms with Gasteiger partial charge in [0.2, 0.25) is 5.91 Å². The van der Waals surface area contributed by atoms with E-state index in [4.69, 9.17) is 4.74 Å². The number of methoxy groups -OCH3 is 1. The number of carbonyl (C=O) groups is 3. The smallest absolute Gasteiger partial charge is 0.325 e. The number of amides is 4. The minimum Gasteiger partial charge on any atom is -0.497 e. The molecule has 8 heteroatoms. The molecule has 1 aliphatic heterocycles. The largest absolute Gasteiger partial charge is 0.497 e. The van der Waals surface area contributed by atoms with Crippen LogP contribution in [0.3, 0.4) is 0 Å². The topological polar surface area (TPSA) is 79.0 Å². The molecule has 2 aromatic carbocycles. The number of nitrogens with one attached hydrogen (secondary N) is 1. The number of ether oxygens (including phenoxy) is 1. The van der Waals surface area contributed by atoms with E-state index in [0.717, 1.165) is 29.1 Å². The molecule has 1 saturated carbocycles. The first-order valence-corrected chi connectivity index (χ1v) is 10.1. The molecule has 2 fully saturated rings. The fourth-order valence-electron chi connectivity index (χ4n) is 3.78. The summed E-state index contributed by atoms with van der Waals surface area (Å²) >= 11 is 0. The summed E-state index contributed by atoms with van der Waals surface area (Å²) in [6, 6.07) is 12.3. The summed E-state index contributed by atoms with van der Waals surface area (Å²) in [5, 5.41) is 2.65. The van der Waals surface area contributed by atoms with Crippen LogP contribution in [0.5, 0.6) is 5.75 Å². The summed E-state index contributed by atoms with van der Waals surface area (Å²) in [5.74, 6) is -0.523. The Hall–Kier alpha value is -3.42. The van der Waals surface area contributed by atoms with Gasteiger partial charge >= 0.3 is 6.03 Å². The SMILES string of the molecule is COc1ccc(CN(C(=O)CN2C(=O)N[C@@](C)(c3ccc(F)cc3)C2=O)C2CC2)cc1. The van der Waals surface area contributed by atoms with Crippen LogP contribution < -0.4 is 10.1 Å². The van der Waals surface area contributed by atoms with E-state index in [-0.39, 0.29) is 18.5 Å². The van der Waals surface area contributed by atoms with E-state index in [1.54, 1.807) is 18.9 Å². The van der Waals surface area contributed by atoms with Crippen LogP contribution in [0, 0.1) is 5.82 Å². The highest BCUT2D eigenvalue weighted by atomic mass is 19.1. The van der Waals surface area contributed by atoms with Crippen LogP contribution in [-0.2, 0) is 21.7 Å². The monoisotopic (exact) mass is 425 g/mol. The Morgan fingerprint density at radius 1 is 1.16 bits per heavy atom. The van der Waals surface area contributed by atoms with Gasteiger partial charge in [-0.15, -0.1) is 0 Å². The summed E-state index contributed by atoms with van der Waals surface area (Å²) in [5.41, 5.74) is 0.0553. The fourth-order valence-corrected chi connectivity index (χ4v) is 3.78. The zero-order valence-electron chi connectivity index (χ0n) is 17.4. The van der Waals surface area contributed by atoms with Crippen LogP contribution >= 0.6 is 0 Å². The molecule has 1 aliphatic carbocycles. The number of halogens is 1. The van der Waals surface area contributed by atoms with Crippen molar-refractivity contribution in [1.29, 1.82) is 0 Å². The minimum atomic E-state index is -1.34. The summed E-state index contributed by atoms with van der Waals surface area (Å²) < 4.78 is 18.4. The molecule has 0 aromatic heterocycles. The number of hydrogen-bond acceptors (Lipinski definition) is 4. The zero-order chi connectivity index (χ0) is 22.2. The second-order valence-corrected chi connectivity index (χ2v) is 8.05. The van der Waals surface area contributed by atoms with E-state index in [1.165, 1.54) is 24.3 Å². The van der Waals surface area contributed by atoms with Crippen LogP contribution in [0.2, 0.25) is 0 Å². The predicted octanol–water partition coefficient (Wildman–Crippen LogP) is 2.79. The van der Waals surface area contributed by atoms with Gasteiger partial charge < -0.3 is 15.0 Å². The highest BCUT2D eigenvalue weighted by Crippen LogP contribution is 2.31. The molecular formula is C23H24FN3O4.